The lowest BCUT2D eigenvalue weighted by atomic mass is 10.0. The summed E-state index contributed by atoms with van der Waals surface area (Å²) in [5, 5.41) is 7.99. The van der Waals surface area contributed by atoms with Gasteiger partial charge < -0.3 is 8.98 Å². The van der Waals surface area contributed by atoms with Crippen molar-refractivity contribution < 1.29 is 4.42 Å². The number of hydrogen-bond donors (Lipinski definition) is 0. The quantitative estimate of drug-likeness (QED) is 0.194. The first-order valence-corrected chi connectivity index (χ1v) is 17.0. The molecule has 224 valence electrons. The Bertz CT molecular complexity index is 3050. The second-order valence-corrected chi connectivity index (χ2v) is 13.3. The Morgan fingerprint density at radius 3 is 2.04 bits per heavy atom. The van der Waals surface area contributed by atoms with Crippen molar-refractivity contribution in [1.29, 1.82) is 0 Å². The molecule has 0 unspecified atom stereocenters. The summed E-state index contributed by atoms with van der Waals surface area (Å²) < 4.78 is 12.5. The highest BCUT2D eigenvalue weighted by Crippen LogP contribution is 2.45. The van der Waals surface area contributed by atoms with Crippen LogP contribution in [0.15, 0.2) is 156 Å². The lowest BCUT2D eigenvalue weighted by Crippen LogP contribution is -1.94. The molecule has 0 saturated heterocycles. The van der Waals surface area contributed by atoms with Gasteiger partial charge in [0.1, 0.15) is 11.2 Å². The molecule has 5 heteroatoms. The predicted octanol–water partition coefficient (Wildman–Crippen LogP) is 12.1. The topological polar surface area (TPSA) is 35.9 Å². The molecule has 4 aromatic heterocycles. The van der Waals surface area contributed by atoms with Crippen molar-refractivity contribution in [3.63, 3.8) is 0 Å². The zero-order valence-corrected chi connectivity index (χ0v) is 26.4. The molecule has 0 spiro atoms. The van der Waals surface area contributed by atoms with Gasteiger partial charge in [-0.05, 0) is 48.0 Å². The molecule has 0 aliphatic rings. The highest BCUT2D eigenvalue weighted by Gasteiger charge is 2.23. The van der Waals surface area contributed by atoms with E-state index in [1.54, 1.807) is 11.3 Å². The Morgan fingerprint density at radius 1 is 0.500 bits per heavy atom. The molecule has 0 fully saturated rings. The van der Waals surface area contributed by atoms with Crippen molar-refractivity contribution >= 4 is 87.1 Å². The van der Waals surface area contributed by atoms with Crippen molar-refractivity contribution in [2.45, 2.75) is 0 Å². The second kappa shape index (κ2) is 9.67. The largest absolute Gasteiger partial charge is 0.455 e. The van der Waals surface area contributed by atoms with Crippen LogP contribution in [0.3, 0.4) is 0 Å². The number of rotatable bonds is 3. The lowest BCUT2D eigenvalue weighted by Gasteiger charge is -2.08. The third-order valence-corrected chi connectivity index (χ3v) is 10.8. The number of para-hydroxylation sites is 4. The van der Waals surface area contributed by atoms with Crippen LogP contribution in [0.2, 0.25) is 0 Å². The van der Waals surface area contributed by atoms with Gasteiger partial charge in [-0.15, -0.1) is 0 Å². The van der Waals surface area contributed by atoms with Crippen molar-refractivity contribution in [3.05, 3.63) is 152 Å². The van der Waals surface area contributed by atoms with Crippen LogP contribution in [0.25, 0.3) is 97.7 Å². The molecule has 0 amide bonds. The summed E-state index contributed by atoms with van der Waals surface area (Å²) in [4.78, 5) is 5.47. The van der Waals surface area contributed by atoms with E-state index in [9.17, 15) is 0 Å². The predicted molar refractivity (Wildman–Crippen MR) is 201 cm³/mol. The van der Waals surface area contributed by atoms with Gasteiger partial charge in [-0.2, -0.15) is 0 Å². The van der Waals surface area contributed by atoms with Crippen molar-refractivity contribution in [3.8, 4) is 21.9 Å². The molecule has 4 heterocycles. The molecule has 0 saturated carbocycles. The monoisotopic (exact) mass is 631 g/mol. The van der Waals surface area contributed by atoms with Crippen LogP contribution in [-0.2, 0) is 0 Å². The number of benzene rings is 7. The number of fused-ring (bicyclic) bond motifs is 12. The van der Waals surface area contributed by atoms with Crippen molar-refractivity contribution in [2.24, 2.45) is 0 Å². The minimum Gasteiger partial charge on any atom is -0.455 e. The van der Waals surface area contributed by atoms with Gasteiger partial charge >= 0.3 is 0 Å². The van der Waals surface area contributed by atoms with E-state index >= 15 is 0 Å². The molecule has 0 radical (unpaired) electrons. The summed E-state index contributed by atoms with van der Waals surface area (Å²) in [6, 6.07) is 53.8. The average Bonchev–Trinajstić information content (AvgIpc) is 3.90. The molecule has 4 nitrogen and oxygen atoms in total. The van der Waals surface area contributed by atoms with Gasteiger partial charge in [0.15, 0.2) is 5.13 Å². The highest BCUT2D eigenvalue weighted by atomic mass is 32.1. The van der Waals surface area contributed by atoms with Crippen LogP contribution in [0.4, 0.5) is 0 Å². The van der Waals surface area contributed by atoms with Crippen LogP contribution in [0.1, 0.15) is 0 Å². The maximum Gasteiger partial charge on any atom is 0.195 e. The van der Waals surface area contributed by atoms with Gasteiger partial charge in [0.25, 0.3) is 0 Å². The standard InChI is InChI=1S/C43H25N3OS/c1-3-12-26(13-4-1)28-18-11-19-32-39-36(47-42(28)32)24-25-37-40(39)44-43(48-37)46-33-20-9-7-16-29(33)30-22-23-35-38(41(30)46)31-17-8-10-21-34(31)45(35)27-14-5-2-6-15-27/h1-25H. The molecular weight excluding hydrogens is 607 g/mol. The van der Waals surface area contributed by atoms with E-state index in [2.05, 4.69) is 155 Å². The Kier molecular flexibility index (Phi) is 5.23. The third-order valence-electron chi connectivity index (χ3n) is 9.77. The lowest BCUT2D eigenvalue weighted by molar-refractivity contribution is 0.670. The maximum absolute atomic E-state index is 6.59. The van der Waals surface area contributed by atoms with Crippen molar-refractivity contribution in [2.75, 3.05) is 0 Å². The molecule has 11 aromatic rings. The molecule has 0 aliphatic carbocycles. The fourth-order valence-corrected chi connectivity index (χ4v) is 8.76. The first kappa shape index (κ1) is 26.0. The van der Waals surface area contributed by atoms with Crippen LogP contribution >= 0.6 is 11.3 Å². The summed E-state index contributed by atoms with van der Waals surface area (Å²) in [5.74, 6) is 0. The van der Waals surface area contributed by atoms with Crippen LogP contribution in [0.5, 0.6) is 0 Å². The van der Waals surface area contributed by atoms with E-state index in [1.807, 2.05) is 6.07 Å². The van der Waals surface area contributed by atoms with E-state index in [0.717, 1.165) is 59.6 Å². The van der Waals surface area contributed by atoms with Gasteiger partial charge in [0.2, 0.25) is 0 Å². The Balaban J connectivity index is 1.26. The first-order chi connectivity index (χ1) is 23.8. The van der Waals surface area contributed by atoms with Gasteiger partial charge in [0.05, 0.1) is 37.7 Å². The van der Waals surface area contributed by atoms with Crippen molar-refractivity contribution in [1.82, 2.24) is 14.1 Å². The fourth-order valence-electron chi connectivity index (χ4n) is 7.77. The van der Waals surface area contributed by atoms with E-state index in [-0.39, 0.29) is 0 Å². The summed E-state index contributed by atoms with van der Waals surface area (Å²) in [7, 11) is 0. The van der Waals surface area contributed by atoms with Crippen LogP contribution < -0.4 is 0 Å². The molecule has 0 aliphatic heterocycles. The molecule has 0 bridgehead atoms. The van der Waals surface area contributed by atoms with Gasteiger partial charge in [-0.1, -0.05) is 121 Å². The SMILES string of the molecule is c1ccc(-c2cccc3c2oc2ccc4sc(-n5c6ccccc6c6ccc7c(c8ccccc8n7-c7ccccc7)c65)nc4c23)cc1. The normalized spacial score (nSPS) is 12.2. The number of hydrogen-bond acceptors (Lipinski definition) is 3. The molecule has 0 N–H and O–H groups in total. The van der Waals surface area contributed by atoms with E-state index in [0.29, 0.717) is 0 Å². The van der Waals surface area contributed by atoms with E-state index < -0.39 is 0 Å². The van der Waals surface area contributed by atoms with Gasteiger partial charge in [-0.3, -0.25) is 4.57 Å². The minimum absolute atomic E-state index is 0.855. The summed E-state index contributed by atoms with van der Waals surface area (Å²) >= 11 is 1.73. The average molecular weight is 632 g/mol. The van der Waals surface area contributed by atoms with Crippen LogP contribution in [-0.4, -0.2) is 14.1 Å². The Hall–Kier alpha value is -6.17. The summed E-state index contributed by atoms with van der Waals surface area (Å²) in [6.07, 6.45) is 0. The fraction of sp³-hybridized carbons (Fsp3) is 0. The third kappa shape index (κ3) is 3.46. The molecule has 7 aromatic carbocycles. The number of aromatic nitrogens is 3. The number of furan rings is 1. The Morgan fingerprint density at radius 2 is 1.21 bits per heavy atom. The van der Waals surface area contributed by atoms with E-state index in [4.69, 9.17) is 9.40 Å². The van der Waals surface area contributed by atoms with Gasteiger partial charge in [-0.25, -0.2) is 4.98 Å². The summed E-state index contributed by atoms with van der Waals surface area (Å²) in [6.45, 7) is 0. The zero-order chi connectivity index (χ0) is 31.3. The highest BCUT2D eigenvalue weighted by molar-refractivity contribution is 7.21. The van der Waals surface area contributed by atoms with Gasteiger partial charge in [0, 0.05) is 38.2 Å². The zero-order valence-electron chi connectivity index (χ0n) is 25.6. The maximum atomic E-state index is 6.59. The first-order valence-electron chi connectivity index (χ1n) is 16.1. The second-order valence-electron chi connectivity index (χ2n) is 12.3. The molecule has 48 heavy (non-hydrogen) atoms. The number of nitrogens with zero attached hydrogens (tertiary/aromatic N) is 3. The summed E-state index contributed by atoms with van der Waals surface area (Å²) in [5.41, 5.74) is 10.8. The molecule has 11 rings (SSSR count). The number of thiazole rings is 1. The Labute approximate surface area is 278 Å². The molecule has 0 atom stereocenters. The minimum atomic E-state index is 0.855. The van der Waals surface area contributed by atoms with Crippen LogP contribution in [0, 0.1) is 0 Å². The molecular formula is C43H25N3OS. The smallest absolute Gasteiger partial charge is 0.195 e. The van der Waals surface area contributed by atoms with E-state index in [1.165, 1.54) is 38.1 Å².